The van der Waals surface area contributed by atoms with Crippen LogP contribution in [-0.2, 0) is 6.42 Å². The van der Waals surface area contributed by atoms with Gasteiger partial charge in [0.25, 0.3) is 0 Å². The lowest BCUT2D eigenvalue weighted by Gasteiger charge is -2.14. The lowest BCUT2D eigenvalue weighted by Crippen LogP contribution is -2.15. The van der Waals surface area contributed by atoms with Gasteiger partial charge >= 0.3 is 0 Å². The SMILES string of the molecule is NC(Cc1ccc(F)cc1F)c1ccccc1I. The molecule has 0 amide bonds. The highest BCUT2D eigenvalue weighted by atomic mass is 127. The van der Waals surface area contributed by atoms with Crippen LogP contribution in [0.4, 0.5) is 8.78 Å². The molecule has 2 aromatic carbocycles. The molecule has 0 heterocycles. The van der Waals surface area contributed by atoms with E-state index in [9.17, 15) is 8.78 Å². The van der Waals surface area contributed by atoms with Gasteiger partial charge in [-0.1, -0.05) is 24.3 Å². The fourth-order valence-electron chi connectivity index (χ4n) is 1.81. The molecule has 1 unspecified atom stereocenters. The molecule has 18 heavy (non-hydrogen) atoms. The van der Waals surface area contributed by atoms with Gasteiger partial charge in [-0.2, -0.15) is 0 Å². The quantitative estimate of drug-likeness (QED) is 0.829. The van der Waals surface area contributed by atoms with E-state index in [1.54, 1.807) is 0 Å². The molecule has 2 aromatic rings. The van der Waals surface area contributed by atoms with Crippen molar-refractivity contribution in [2.45, 2.75) is 12.5 Å². The average molecular weight is 359 g/mol. The number of hydrogen-bond acceptors (Lipinski definition) is 1. The van der Waals surface area contributed by atoms with Crippen LogP contribution in [0.2, 0.25) is 0 Å². The van der Waals surface area contributed by atoms with Gasteiger partial charge in [-0.05, 0) is 52.3 Å². The molecule has 0 bridgehead atoms. The minimum Gasteiger partial charge on any atom is -0.324 e. The first-order chi connectivity index (χ1) is 8.58. The predicted molar refractivity (Wildman–Crippen MR) is 76.1 cm³/mol. The van der Waals surface area contributed by atoms with Gasteiger partial charge in [-0.25, -0.2) is 8.78 Å². The fourth-order valence-corrected chi connectivity index (χ4v) is 2.60. The van der Waals surface area contributed by atoms with Crippen molar-refractivity contribution in [1.82, 2.24) is 0 Å². The van der Waals surface area contributed by atoms with Gasteiger partial charge in [0.2, 0.25) is 0 Å². The molecular weight excluding hydrogens is 347 g/mol. The van der Waals surface area contributed by atoms with Gasteiger partial charge in [-0.3, -0.25) is 0 Å². The molecule has 0 spiro atoms. The van der Waals surface area contributed by atoms with E-state index in [0.29, 0.717) is 12.0 Å². The van der Waals surface area contributed by atoms with Crippen LogP contribution in [-0.4, -0.2) is 0 Å². The second kappa shape index (κ2) is 5.75. The van der Waals surface area contributed by atoms with Crippen LogP contribution in [0.1, 0.15) is 17.2 Å². The predicted octanol–water partition coefficient (Wildman–Crippen LogP) is 3.81. The maximum atomic E-state index is 13.5. The van der Waals surface area contributed by atoms with Gasteiger partial charge in [0.15, 0.2) is 0 Å². The van der Waals surface area contributed by atoms with Crippen molar-refractivity contribution in [2.24, 2.45) is 5.73 Å². The Hall–Kier alpha value is -1.01. The van der Waals surface area contributed by atoms with E-state index in [1.165, 1.54) is 12.1 Å². The summed E-state index contributed by atoms with van der Waals surface area (Å²) in [6.45, 7) is 0. The second-order valence-electron chi connectivity index (χ2n) is 4.07. The highest BCUT2D eigenvalue weighted by Crippen LogP contribution is 2.22. The highest BCUT2D eigenvalue weighted by Gasteiger charge is 2.13. The molecule has 1 atom stereocenters. The minimum atomic E-state index is -0.570. The topological polar surface area (TPSA) is 26.0 Å². The smallest absolute Gasteiger partial charge is 0.129 e. The Kier molecular flexibility index (Phi) is 4.29. The Labute approximate surface area is 118 Å². The number of nitrogens with two attached hydrogens (primary N) is 1. The first kappa shape index (κ1) is 13.4. The summed E-state index contributed by atoms with van der Waals surface area (Å²) in [4.78, 5) is 0. The van der Waals surface area contributed by atoms with Gasteiger partial charge in [0, 0.05) is 15.7 Å². The maximum Gasteiger partial charge on any atom is 0.129 e. The Morgan fingerprint density at radius 1 is 1.11 bits per heavy atom. The van der Waals surface area contributed by atoms with E-state index in [1.807, 2.05) is 24.3 Å². The normalized spacial score (nSPS) is 12.4. The summed E-state index contributed by atoms with van der Waals surface area (Å²) in [7, 11) is 0. The van der Waals surface area contributed by atoms with E-state index in [-0.39, 0.29) is 6.04 Å². The summed E-state index contributed by atoms with van der Waals surface area (Å²) in [5, 5.41) is 0. The van der Waals surface area contributed by atoms with Crippen LogP contribution in [0.15, 0.2) is 42.5 Å². The largest absolute Gasteiger partial charge is 0.324 e. The third-order valence-electron chi connectivity index (χ3n) is 2.76. The molecule has 0 aliphatic rings. The Balaban J connectivity index is 2.21. The lowest BCUT2D eigenvalue weighted by atomic mass is 9.99. The Morgan fingerprint density at radius 3 is 2.50 bits per heavy atom. The number of rotatable bonds is 3. The monoisotopic (exact) mass is 359 g/mol. The summed E-state index contributed by atoms with van der Waals surface area (Å²) < 4.78 is 27.4. The molecule has 0 aliphatic heterocycles. The van der Waals surface area contributed by atoms with Crippen LogP contribution in [0.5, 0.6) is 0 Å². The summed E-state index contributed by atoms with van der Waals surface area (Å²) in [6.07, 6.45) is 0.353. The standard InChI is InChI=1S/C14H12F2IN/c15-10-6-5-9(12(16)8-10)7-14(18)11-3-1-2-4-13(11)17/h1-6,8,14H,7,18H2. The molecule has 0 fully saturated rings. The molecule has 0 radical (unpaired) electrons. The average Bonchev–Trinajstić information content (AvgIpc) is 2.33. The zero-order chi connectivity index (χ0) is 13.1. The van der Waals surface area contributed by atoms with Crippen LogP contribution in [0.25, 0.3) is 0 Å². The van der Waals surface area contributed by atoms with Crippen molar-refractivity contribution >= 4 is 22.6 Å². The molecule has 2 rings (SSSR count). The second-order valence-corrected chi connectivity index (χ2v) is 5.23. The summed E-state index contributed by atoms with van der Waals surface area (Å²) >= 11 is 2.20. The van der Waals surface area contributed by atoms with Crippen LogP contribution in [0.3, 0.4) is 0 Å². The maximum absolute atomic E-state index is 13.5. The molecule has 0 aliphatic carbocycles. The zero-order valence-electron chi connectivity index (χ0n) is 9.54. The van der Waals surface area contributed by atoms with Gasteiger partial charge in [-0.15, -0.1) is 0 Å². The van der Waals surface area contributed by atoms with E-state index in [4.69, 9.17) is 5.73 Å². The van der Waals surface area contributed by atoms with Crippen LogP contribution < -0.4 is 5.73 Å². The summed E-state index contributed by atoms with van der Waals surface area (Å²) in [5.41, 5.74) is 7.48. The fraction of sp³-hybridized carbons (Fsp3) is 0.143. The van der Waals surface area contributed by atoms with E-state index < -0.39 is 11.6 Å². The number of hydrogen-bond donors (Lipinski definition) is 1. The summed E-state index contributed by atoms with van der Waals surface area (Å²) in [6, 6.07) is 11.0. The zero-order valence-corrected chi connectivity index (χ0v) is 11.7. The first-order valence-electron chi connectivity index (χ1n) is 5.52. The molecule has 2 N–H and O–H groups in total. The van der Waals surface area contributed by atoms with Crippen LogP contribution in [0, 0.1) is 15.2 Å². The molecule has 0 aromatic heterocycles. The van der Waals surface area contributed by atoms with Crippen molar-refractivity contribution in [2.75, 3.05) is 0 Å². The van der Waals surface area contributed by atoms with Crippen molar-refractivity contribution in [3.8, 4) is 0 Å². The third kappa shape index (κ3) is 3.05. The third-order valence-corrected chi connectivity index (χ3v) is 3.74. The number of benzene rings is 2. The molecule has 0 saturated carbocycles. The van der Waals surface area contributed by atoms with Crippen molar-refractivity contribution in [1.29, 1.82) is 0 Å². The molecule has 94 valence electrons. The Morgan fingerprint density at radius 2 is 1.83 bits per heavy atom. The number of halogens is 3. The molecule has 1 nitrogen and oxygen atoms in total. The summed E-state index contributed by atoms with van der Waals surface area (Å²) in [5.74, 6) is -1.12. The molecule has 4 heteroatoms. The Bertz CT molecular complexity index is 557. The van der Waals surface area contributed by atoms with E-state index in [2.05, 4.69) is 22.6 Å². The van der Waals surface area contributed by atoms with Gasteiger partial charge in [0.1, 0.15) is 11.6 Å². The van der Waals surface area contributed by atoms with Gasteiger partial charge < -0.3 is 5.73 Å². The van der Waals surface area contributed by atoms with E-state index >= 15 is 0 Å². The molecular formula is C14H12F2IN. The van der Waals surface area contributed by atoms with Crippen molar-refractivity contribution in [3.63, 3.8) is 0 Å². The minimum absolute atomic E-state index is 0.293. The van der Waals surface area contributed by atoms with Crippen molar-refractivity contribution in [3.05, 3.63) is 68.8 Å². The highest BCUT2D eigenvalue weighted by molar-refractivity contribution is 14.1. The van der Waals surface area contributed by atoms with Gasteiger partial charge in [0.05, 0.1) is 0 Å². The van der Waals surface area contributed by atoms with Crippen LogP contribution >= 0.6 is 22.6 Å². The first-order valence-corrected chi connectivity index (χ1v) is 6.59. The molecule has 0 saturated heterocycles. The lowest BCUT2D eigenvalue weighted by molar-refractivity contribution is 0.563. The van der Waals surface area contributed by atoms with Crippen molar-refractivity contribution < 1.29 is 8.78 Å². The van der Waals surface area contributed by atoms with E-state index in [0.717, 1.165) is 15.2 Å².